The lowest BCUT2D eigenvalue weighted by atomic mass is 10.1. The highest BCUT2D eigenvalue weighted by Gasteiger charge is 2.26. The molecule has 2 atom stereocenters. The molecule has 0 bridgehead atoms. The normalized spacial score (nSPS) is 20.3. The van der Waals surface area contributed by atoms with Crippen molar-refractivity contribution in [2.45, 2.75) is 13.0 Å². The molecule has 4 N–H and O–H groups in total. The molecule has 3 rings (SSSR count). The van der Waals surface area contributed by atoms with Crippen LogP contribution in [-0.4, -0.2) is 51.6 Å². The van der Waals surface area contributed by atoms with Crippen LogP contribution in [0.3, 0.4) is 0 Å². The topological polar surface area (TPSA) is 99.4 Å². The van der Waals surface area contributed by atoms with E-state index in [4.69, 9.17) is 0 Å². The van der Waals surface area contributed by atoms with Crippen LogP contribution >= 0.6 is 0 Å². The Balaban J connectivity index is 1.74. The lowest BCUT2D eigenvalue weighted by Crippen LogP contribution is -2.34. The zero-order valence-corrected chi connectivity index (χ0v) is 13.2. The Morgan fingerprint density at radius 1 is 1.50 bits per heavy atom. The second kappa shape index (κ2) is 6.58. The van der Waals surface area contributed by atoms with Crippen LogP contribution in [0.5, 0.6) is 5.75 Å². The van der Waals surface area contributed by atoms with Gasteiger partial charge in [-0.1, -0.05) is 0 Å². The number of carbonyl (C=O) groups is 1. The highest BCUT2D eigenvalue weighted by molar-refractivity contribution is 5.94. The average molecular weight is 334 g/mol. The molecular weight excluding hydrogens is 315 g/mol. The van der Waals surface area contributed by atoms with E-state index in [1.54, 1.807) is 6.92 Å². The Kier molecular flexibility index (Phi) is 4.50. The van der Waals surface area contributed by atoms with Crippen LogP contribution in [0, 0.1) is 18.7 Å². The number of nitrogens with one attached hydrogen (secondary N) is 2. The maximum atomic E-state index is 13.2. The van der Waals surface area contributed by atoms with E-state index in [0.717, 1.165) is 0 Å². The molecule has 2 aromatic rings. The summed E-state index contributed by atoms with van der Waals surface area (Å²) in [5.41, 5.74) is 1.09. The average Bonchev–Trinajstić information content (AvgIpc) is 3.11. The number of halogens is 1. The van der Waals surface area contributed by atoms with Gasteiger partial charge in [0.1, 0.15) is 5.82 Å². The minimum absolute atomic E-state index is 0.0717. The van der Waals surface area contributed by atoms with Gasteiger partial charge in [-0.3, -0.25) is 4.79 Å². The molecule has 1 aliphatic rings. The molecule has 2 heterocycles. The Morgan fingerprint density at radius 2 is 2.29 bits per heavy atom. The van der Waals surface area contributed by atoms with E-state index in [2.05, 4.69) is 15.7 Å². The second-order valence-electron chi connectivity index (χ2n) is 5.93. The zero-order chi connectivity index (χ0) is 17.3. The number of nitrogens with zero attached hydrogens (tertiary/aromatic N) is 2. The van der Waals surface area contributed by atoms with Crippen LogP contribution in [0.2, 0.25) is 0 Å². The lowest BCUT2D eigenvalue weighted by molar-refractivity contribution is 0.0919. The molecule has 0 radical (unpaired) electrons. The minimum Gasteiger partial charge on any atom is -0.504 e. The summed E-state index contributed by atoms with van der Waals surface area (Å²) < 4.78 is 14.5. The Bertz CT molecular complexity index is 762. The molecule has 1 aromatic heterocycles. The number of aromatic nitrogens is 2. The number of rotatable bonds is 4. The smallest absolute Gasteiger partial charge is 0.275 e. The minimum atomic E-state index is -0.523. The predicted molar refractivity (Wildman–Crippen MR) is 84.6 cm³/mol. The number of benzene rings is 1. The summed E-state index contributed by atoms with van der Waals surface area (Å²) in [6.07, 6.45) is 0.805. The quantitative estimate of drug-likeness (QED) is 0.646. The number of hydrogen-bond donors (Lipinski definition) is 4. The fourth-order valence-electron chi connectivity index (χ4n) is 2.76. The van der Waals surface area contributed by atoms with Crippen molar-refractivity contribution in [2.75, 3.05) is 19.6 Å². The number of carbonyl (C=O) groups excluding carboxylic acids is 1. The van der Waals surface area contributed by atoms with Crippen molar-refractivity contribution >= 4 is 5.91 Å². The third kappa shape index (κ3) is 3.24. The maximum absolute atomic E-state index is 13.2. The first kappa shape index (κ1) is 16.4. The van der Waals surface area contributed by atoms with Gasteiger partial charge in [-0.15, -0.1) is 0 Å². The van der Waals surface area contributed by atoms with Crippen LogP contribution in [0.1, 0.15) is 16.1 Å². The number of aryl methyl sites for hydroxylation is 1. The van der Waals surface area contributed by atoms with Crippen LogP contribution < -0.4 is 10.6 Å². The van der Waals surface area contributed by atoms with Gasteiger partial charge in [-0.25, -0.2) is 9.07 Å². The number of amides is 1. The molecule has 1 amide bonds. The monoisotopic (exact) mass is 334 g/mol. The van der Waals surface area contributed by atoms with Gasteiger partial charge in [0.25, 0.3) is 5.91 Å². The highest BCUT2D eigenvalue weighted by atomic mass is 19.1. The van der Waals surface area contributed by atoms with Crippen LogP contribution in [0.15, 0.2) is 24.4 Å². The number of hydrogen-bond acceptors (Lipinski definition) is 5. The molecule has 1 saturated heterocycles. The van der Waals surface area contributed by atoms with Gasteiger partial charge in [0.05, 0.1) is 18.0 Å². The molecule has 0 spiro atoms. The largest absolute Gasteiger partial charge is 0.504 e. The van der Waals surface area contributed by atoms with Gasteiger partial charge in [0.2, 0.25) is 0 Å². The van der Waals surface area contributed by atoms with Gasteiger partial charge in [0.15, 0.2) is 11.4 Å². The van der Waals surface area contributed by atoms with Gasteiger partial charge in [-0.05, 0) is 30.7 Å². The van der Waals surface area contributed by atoms with E-state index < -0.39 is 12.0 Å². The molecule has 24 heavy (non-hydrogen) atoms. The summed E-state index contributed by atoms with van der Waals surface area (Å²) in [6, 6.07) is 4.16. The third-order valence-electron chi connectivity index (χ3n) is 4.14. The van der Waals surface area contributed by atoms with Crippen molar-refractivity contribution in [1.29, 1.82) is 0 Å². The second-order valence-corrected chi connectivity index (χ2v) is 5.93. The molecular formula is C16H19FN4O3. The Morgan fingerprint density at radius 3 is 2.96 bits per heavy atom. The first-order chi connectivity index (χ1) is 11.5. The summed E-state index contributed by atoms with van der Waals surface area (Å²) in [4.78, 5) is 12.2. The van der Waals surface area contributed by atoms with Gasteiger partial charge >= 0.3 is 0 Å². The van der Waals surface area contributed by atoms with Crippen molar-refractivity contribution in [3.63, 3.8) is 0 Å². The summed E-state index contributed by atoms with van der Waals surface area (Å²) in [6.45, 7) is 3.13. The third-order valence-corrected chi connectivity index (χ3v) is 4.14. The molecule has 8 heteroatoms. The summed E-state index contributed by atoms with van der Waals surface area (Å²) in [5, 5.41) is 29.5. The van der Waals surface area contributed by atoms with Crippen LogP contribution in [0.25, 0.3) is 5.69 Å². The van der Waals surface area contributed by atoms with Crippen molar-refractivity contribution in [3.05, 3.63) is 41.5 Å². The van der Waals surface area contributed by atoms with E-state index in [1.165, 1.54) is 29.1 Å². The molecule has 0 saturated carbocycles. The fourth-order valence-corrected chi connectivity index (χ4v) is 2.76. The Labute approximate surface area is 138 Å². The van der Waals surface area contributed by atoms with Gasteiger partial charge < -0.3 is 20.8 Å². The van der Waals surface area contributed by atoms with Crippen molar-refractivity contribution in [3.8, 4) is 11.4 Å². The first-order valence-electron chi connectivity index (χ1n) is 7.68. The summed E-state index contributed by atoms with van der Waals surface area (Å²) >= 11 is 0. The maximum Gasteiger partial charge on any atom is 0.275 e. The zero-order valence-electron chi connectivity index (χ0n) is 13.2. The van der Waals surface area contributed by atoms with Gasteiger partial charge in [0, 0.05) is 25.6 Å². The molecule has 0 aliphatic carbocycles. The molecule has 1 aliphatic heterocycles. The molecule has 7 nitrogen and oxygen atoms in total. The van der Waals surface area contributed by atoms with Crippen molar-refractivity contribution in [2.24, 2.45) is 5.92 Å². The van der Waals surface area contributed by atoms with E-state index in [1.807, 2.05) is 0 Å². The van der Waals surface area contributed by atoms with Crippen molar-refractivity contribution in [1.82, 2.24) is 20.4 Å². The lowest BCUT2D eigenvalue weighted by Gasteiger charge is -2.13. The van der Waals surface area contributed by atoms with E-state index >= 15 is 0 Å². The molecule has 128 valence electrons. The first-order valence-corrected chi connectivity index (χ1v) is 7.68. The van der Waals surface area contributed by atoms with E-state index in [0.29, 0.717) is 24.3 Å². The van der Waals surface area contributed by atoms with Crippen molar-refractivity contribution < 1.29 is 19.4 Å². The summed E-state index contributed by atoms with van der Waals surface area (Å²) in [5.74, 6) is -1.22. The predicted octanol–water partition coefficient (Wildman–Crippen LogP) is 0.336. The van der Waals surface area contributed by atoms with E-state index in [9.17, 15) is 19.4 Å². The van der Waals surface area contributed by atoms with Gasteiger partial charge in [-0.2, -0.15) is 5.10 Å². The Hall–Kier alpha value is -2.45. The number of β-amino-alcohol motifs (C(OH)–C–C–N with tert-alkyl or cyclic N) is 1. The van der Waals surface area contributed by atoms with E-state index in [-0.39, 0.29) is 29.7 Å². The molecule has 1 fully saturated rings. The van der Waals surface area contributed by atoms with Crippen LogP contribution in [0.4, 0.5) is 4.39 Å². The molecule has 2 unspecified atom stereocenters. The summed E-state index contributed by atoms with van der Waals surface area (Å²) in [7, 11) is 0. The van der Waals surface area contributed by atoms with Crippen LogP contribution in [-0.2, 0) is 0 Å². The highest BCUT2D eigenvalue weighted by Crippen LogP contribution is 2.21. The fraction of sp³-hybridized carbons (Fsp3) is 0.375. The number of aromatic hydroxyl groups is 1. The SMILES string of the molecule is Cc1cc(F)ccc1-n1cc(O)c(C(=O)NCC2CNCC2O)n1. The standard InChI is InChI=1S/C16H19FN4O3/c1-9-4-11(17)2-3-12(9)21-8-14(23)15(20-21)16(24)19-6-10-5-18-7-13(10)22/h2-4,8,10,13,18,22-23H,5-7H2,1H3,(H,19,24). The number of aliphatic hydroxyl groups is 1. The molecule has 1 aromatic carbocycles. The number of aliphatic hydroxyl groups excluding tert-OH is 1.